The third-order valence-corrected chi connectivity index (χ3v) is 5.16. The highest BCUT2D eigenvalue weighted by atomic mass is 32.2. The van der Waals surface area contributed by atoms with Gasteiger partial charge in [0.05, 0.1) is 0 Å². The van der Waals surface area contributed by atoms with E-state index in [1.165, 1.54) is 18.6 Å². The SMILES string of the molecule is CCC1CCCCC1NS(=O)(=O)c1ccc(CO)o1. The summed E-state index contributed by atoms with van der Waals surface area (Å²) >= 11 is 0. The van der Waals surface area contributed by atoms with Gasteiger partial charge in [-0.05, 0) is 30.9 Å². The predicted molar refractivity (Wildman–Crippen MR) is 71.0 cm³/mol. The van der Waals surface area contributed by atoms with Crippen LogP contribution >= 0.6 is 0 Å². The molecule has 0 aliphatic heterocycles. The number of sulfonamides is 1. The minimum absolute atomic E-state index is 0.00794. The van der Waals surface area contributed by atoms with Gasteiger partial charge in [-0.2, -0.15) is 0 Å². The predicted octanol–water partition coefficient (Wildman–Crippen LogP) is 2.02. The molecule has 6 heteroatoms. The maximum absolute atomic E-state index is 12.2. The molecule has 2 rings (SSSR count). The van der Waals surface area contributed by atoms with Gasteiger partial charge in [-0.1, -0.05) is 26.2 Å². The van der Waals surface area contributed by atoms with Crippen LogP contribution < -0.4 is 4.72 Å². The number of aliphatic hydroxyl groups is 1. The monoisotopic (exact) mass is 287 g/mol. The standard InChI is InChI=1S/C13H21NO4S/c1-2-10-5-3-4-6-12(10)14-19(16,17)13-8-7-11(9-15)18-13/h7-8,10,12,14-15H,2-6,9H2,1H3. The van der Waals surface area contributed by atoms with Crippen LogP contribution in [0.1, 0.15) is 44.8 Å². The van der Waals surface area contributed by atoms with E-state index in [-0.39, 0.29) is 23.5 Å². The van der Waals surface area contributed by atoms with Gasteiger partial charge in [0, 0.05) is 6.04 Å². The average Bonchev–Trinajstić information content (AvgIpc) is 2.88. The Morgan fingerprint density at radius 2 is 2.11 bits per heavy atom. The van der Waals surface area contributed by atoms with Gasteiger partial charge in [-0.15, -0.1) is 0 Å². The first-order valence-electron chi connectivity index (χ1n) is 6.78. The van der Waals surface area contributed by atoms with E-state index in [4.69, 9.17) is 9.52 Å². The van der Waals surface area contributed by atoms with Crippen molar-refractivity contribution in [3.63, 3.8) is 0 Å². The van der Waals surface area contributed by atoms with Crippen LogP contribution in [-0.2, 0) is 16.6 Å². The number of furan rings is 1. The summed E-state index contributed by atoms with van der Waals surface area (Å²) in [6.45, 7) is 1.80. The van der Waals surface area contributed by atoms with Crippen LogP contribution in [0.15, 0.2) is 21.6 Å². The van der Waals surface area contributed by atoms with E-state index in [9.17, 15) is 8.42 Å². The first-order chi connectivity index (χ1) is 9.06. The van der Waals surface area contributed by atoms with Crippen molar-refractivity contribution in [1.29, 1.82) is 0 Å². The molecular formula is C13H21NO4S. The summed E-state index contributed by atoms with van der Waals surface area (Å²) in [7, 11) is -3.62. The van der Waals surface area contributed by atoms with Gasteiger partial charge in [0.25, 0.3) is 10.0 Å². The van der Waals surface area contributed by atoms with Gasteiger partial charge in [0.1, 0.15) is 12.4 Å². The van der Waals surface area contributed by atoms with Crippen LogP contribution in [0.4, 0.5) is 0 Å². The highest BCUT2D eigenvalue weighted by molar-refractivity contribution is 7.89. The topological polar surface area (TPSA) is 79.5 Å². The summed E-state index contributed by atoms with van der Waals surface area (Å²) in [6.07, 6.45) is 5.16. The fourth-order valence-corrected chi connectivity index (χ4v) is 3.99. The van der Waals surface area contributed by atoms with E-state index >= 15 is 0 Å². The van der Waals surface area contributed by atoms with E-state index in [1.54, 1.807) is 0 Å². The van der Waals surface area contributed by atoms with Crippen molar-refractivity contribution >= 4 is 10.0 Å². The first kappa shape index (κ1) is 14.6. The molecule has 2 N–H and O–H groups in total. The third kappa shape index (κ3) is 3.38. The highest BCUT2D eigenvalue weighted by Gasteiger charge is 2.29. The summed E-state index contributed by atoms with van der Waals surface area (Å²) in [5.74, 6) is 0.659. The van der Waals surface area contributed by atoms with E-state index in [2.05, 4.69) is 11.6 Å². The molecule has 1 aromatic rings. The third-order valence-electron chi connectivity index (χ3n) is 3.80. The Morgan fingerprint density at radius 1 is 1.37 bits per heavy atom. The lowest BCUT2D eigenvalue weighted by Crippen LogP contribution is -2.41. The zero-order chi connectivity index (χ0) is 13.9. The second kappa shape index (κ2) is 6.07. The van der Waals surface area contributed by atoms with Crippen LogP contribution in [0.3, 0.4) is 0 Å². The van der Waals surface area contributed by atoms with Crippen molar-refractivity contribution in [2.75, 3.05) is 0 Å². The minimum atomic E-state index is -3.62. The quantitative estimate of drug-likeness (QED) is 0.868. The van der Waals surface area contributed by atoms with Crippen molar-refractivity contribution in [1.82, 2.24) is 4.72 Å². The van der Waals surface area contributed by atoms with Gasteiger partial charge in [-0.25, -0.2) is 13.1 Å². The molecule has 1 fully saturated rings. The minimum Gasteiger partial charge on any atom is -0.446 e. The van der Waals surface area contributed by atoms with Gasteiger partial charge in [-0.3, -0.25) is 0 Å². The largest absolute Gasteiger partial charge is 0.446 e. The van der Waals surface area contributed by atoms with Crippen LogP contribution in [0.5, 0.6) is 0 Å². The molecule has 1 saturated carbocycles. The van der Waals surface area contributed by atoms with Gasteiger partial charge in [0.2, 0.25) is 5.09 Å². The fourth-order valence-electron chi connectivity index (χ4n) is 2.70. The summed E-state index contributed by atoms with van der Waals surface area (Å²) in [5.41, 5.74) is 0. The van der Waals surface area contributed by atoms with Crippen LogP contribution in [-0.4, -0.2) is 19.6 Å². The summed E-state index contributed by atoms with van der Waals surface area (Å²) in [4.78, 5) is 0. The number of nitrogens with one attached hydrogen (secondary N) is 1. The Kier molecular flexibility index (Phi) is 4.65. The summed E-state index contributed by atoms with van der Waals surface area (Å²) in [6, 6.07) is 2.86. The second-order valence-corrected chi connectivity index (χ2v) is 6.70. The molecular weight excluding hydrogens is 266 g/mol. The van der Waals surface area contributed by atoms with E-state index < -0.39 is 10.0 Å². The first-order valence-corrected chi connectivity index (χ1v) is 8.27. The average molecular weight is 287 g/mol. The zero-order valence-electron chi connectivity index (χ0n) is 11.1. The van der Waals surface area contributed by atoms with Crippen LogP contribution in [0.2, 0.25) is 0 Å². The number of rotatable bonds is 5. The van der Waals surface area contributed by atoms with Gasteiger partial charge < -0.3 is 9.52 Å². The Morgan fingerprint density at radius 3 is 2.74 bits per heavy atom. The van der Waals surface area contributed by atoms with Crippen LogP contribution in [0, 0.1) is 5.92 Å². The lowest BCUT2D eigenvalue weighted by atomic mass is 9.83. The molecule has 5 nitrogen and oxygen atoms in total. The van der Waals surface area contributed by atoms with Crippen molar-refractivity contribution in [2.24, 2.45) is 5.92 Å². The fraction of sp³-hybridized carbons (Fsp3) is 0.692. The molecule has 1 aliphatic rings. The van der Waals surface area contributed by atoms with Crippen molar-refractivity contribution in [2.45, 2.75) is 56.8 Å². The summed E-state index contributed by atoms with van der Waals surface area (Å²) < 4.78 is 32.3. The highest BCUT2D eigenvalue weighted by Crippen LogP contribution is 2.28. The van der Waals surface area contributed by atoms with Crippen LogP contribution in [0.25, 0.3) is 0 Å². The molecule has 19 heavy (non-hydrogen) atoms. The number of hydrogen-bond acceptors (Lipinski definition) is 4. The Labute approximate surface area is 114 Å². The molecule has 2 unspecified atom stereocenters. The van der Waals surface area contributed by atoms with Crippen molar-refractivity contribution < 1.29 is 17.9 Å². The molecule has 108 valence electrons. The molecule has 0 amide bonds. The lowest BCUT2D eigenvalue weighted by molar-refractivity contribution is 0.235. The smallest absolute Gasteiger partial charge is 0.274 e. The molecule has 0 aromatic carbocycles. The molecule has 0 bridgehead atoms. The van der Waals surface area contributed by atoms with Gasteiger partial charge >= 0.3 is 0 Å². The Hall–Kier alpha value is -0.850. The second-order valence-electron chi connectivity index (χ2n) is 5.06. The summed E-state index contributed by atoms with van der Waals surface area (Å²) in [5, 5.41) is 8.80. The molecule has 1 aliphatic carbocycles. The van der Waals surface area contributed by atoms with Gasteiger partial charge in [0.15, 0.2) is 0 Å². The van der Waals surface area contributed by atoms with Crippen molar-refractivity contribution in [3.8, 4) is 0 Å². The number of aliphatic hydroxyl groups excluding tert-OH is 1. The molecule has 0 radical (unpaired) electrons. The number of hydrogen-bond donors (Lipinski definition) is 2. The van der Waals surface area contributed by atoms with E-state index in [0.29, 0.717) is 5.92 Å². The Bertz CT molecular complexity index is 508. The molecule has 2 atom stereocenters. The molecule has 1 heterocycles. The van der Waals surface area contributed by atoms with E-state index in [1.807, 2.05) is 0 Å². The Balaban J connectivity index is 2.11. The molecule has 0 spiro atoms. The molecule has 0 saturated heterocycles. The van der Waals surface area contributed by atoms with E-state index in [0.717, 1.165) is 25.7 Å². The normalized spacial score (nSPS) is 24.5. The zero-order valence-corrected chi connectivity index (χ0v) is 11.9. The maximum atomic E-state index is 12.2. The maximum Gasteiger partial charge on any atom is 0.274 e. The van der Waals surface area contributed by atoms with Crippen molar-refractivity contribution in [3.05, 3.63) is 17.9 Å². The molecule has 1 aromatic heterocycles. The lowest BCUT2D eigenvalue weighted by Gasteiger charge is -2.30.